The molecule has 3 aliphatic rings. The van der Waals surface area contributed by atoms with Crippen LogP contribution in [-0.4, -0.2) is 148 Å². The molecule has 21 heteroatoms. The number of quaternary nitrogens is 1. The number of nitrogens with one attached hydrogen (secondary N) is 1. The molecule has 7 rings (SSSR count). The number of ether oxygens (including phenoxy) is 1. The van der Waals surface area contributed by atoms with Gasteiger partial charge in [0, 0.05) is 89.1 Å². The Hall–Kier alpha value is -5.57. The van der Waals surface area contributed by atoms with Crippen LogP contribution in [0.1, 0.15) is 45.9 Å². The molecule has 2 aromatic carbocycles. The molecule has 0 saturated carbocycles. The third kappa shape index (κ3) is 9.57. The number of carbonyl (C=O) groups is 4. The molecule has 3 amide bonds. The average molecular weight is 888 g/mol. The van der Waals surface area contributed by atoms with Gasteiger partial charge in [-0.25, -0.2) is 18.9 Å². The fourth-order valence-electron chi connectivity index (χ4n) is 8.51. The minimum atomic E-state index is -4.93. The zero-order chi connectivity index (χ0) is 44.3. The van der Waals surface area contributed by atoms with Crippen molar-refractivity contribution in [2.45, 2.75) is 25.4 Å². The van der Waals surface area contributed by atoms with Gasteiger partial charge >= 0.3 is 12.1 Å². The number of carbonyl (C=O) groups excluding carboxylic acids is 3. The van der Waals surface area contributed by atoms with E-state index in [1.807, 2.05) is 4.90 Å². The topological polar surface area (TPSA) is 181 Å². The zero-order valence-electron chi connectivity index (χ0n) is 34.0. The maximum Gasteiger partial charge on any atom is 0.435 e. The number of carboxylic acid groups (broad SMARTS) is 1. The number of carboxylic acids is 1. The number of amides is 3. The summed E-state index contributed by atoms with van der Waals surface area (Å²) in [5.74, 6) is -3.26. The molecule has 0 bridgehead atoms. The first-order valence-corrected chi connectivity index (χ1v) is 20.7. The van der Waals surface area contributed by atoms with Gasteiger partial charge in [-0.3, -0.25) is 14.4 Å². The zero-order valence-corrected chi connectivity index (χ0v) is 34.8. The fraction of sp³-hybridized carbons (Fsp3) is 0.463. The lowest BCUT2D eigenvalue weighted by atomic mass is 9.92. The molecule has 4 N–H and O–H groups in total. The number of nitrogens with two attached hydrogens (primary N) is 1. The molecule has 332 valence electrons. The lowest BCUT2D eigenvalue weighted by Crippen LogP contribution is -2.58. The number of piperidine rings is 1. The van der Waals surface area contributed by atoms with Crippen LogP contribution in [-0.2, 0) is 27.5 Å². The summed E-state index contributed by atoms with van der Waals surface area (Å²) in [6, 6.07) is 8.48. The molecule has 16 nitrogen and oxygen atoms in total. The highest BCUT2D eigenvalue weighted by Gasteiger charge is 2.41. The van der Waals surface area contributed by atoms with Gasteiger partial charge in [-0.05, 0) is 42.9 Å². The van der Waals surface area contributed by atoms with Crippen LogP contribution in [0.3, 0.4) is 0 Å². The van der Waals surface area contributed by atoms with E-state index in [-0.39, 0.29) is 70.8 Å². The number of aliphatic carboxylic acids is 1. The Morgan fingerprint density at radius 2 is 1.69 bits per heavy atom. The highest BCUT2D eigenvalue weighted by Crippen LogP contribution is 2.38. The van der Waals surface area contributed by atoms with Crippen LogP contribution in [0.2, 0.25) is 5.02 Å². The predicted octanol–water partition coefficient (Wildman–Crippen LogP) is 4.12. The first-order valence-electron chi connectivity index (χ1n) is 20.3. The Bertz CT molecular complexity index is 2310. The number of benzene rings is 2. The highest BCUT2D eigenvalue weighted by atomic mass is 35.5. The van der Waals surface area contributed by atoms with Crippen LogP contribution >= 0.6 is 11.6 Å². The lowest BCUT2D eigenvalue weighted by Gasteiger charge is -2.44. The summed E-state index contributed by atoms with van der Waals surface area (Å²) < 4.78 is 66.1. The van der Waals surface area contributed by atoms with Gasteiger partial charge in [-0.2, -0.15) is 18.3 Å². The molecule has 0 atom stereocenters. The number of alkyl halides is 3. The van der Waals surface area contributed by atoms with Crippen LogP contribution in [0.25, 0.3) is 16.9 Å². The molecule has 4 aromatic rings. The molecule has 0 aliphatic carbocycles. The van der Waals surface area contributed by atoms with E-state index in [1.54, 1.807) is 15.9 Å². The second kappa shape index (κ2) is 18.4. The van der Waals surface area contributed by atoms with Crippen molar-refractivity contribution in [3.63, 3.8) is 0 Å². The summed E-state index contributed by atoms with van der Waals surface area (Å²) in [5.41, 5.74) is 4.58. The molecule has 5 heterocycles. The largest absolute Gasteiger partial charge is 0.477 e. The summed E-state index contributed by atoms with van der Waals surface area (Å²) in [6.45, 7) is 5.53. The Morgan fingerprint density at radius 3 is 2.32 bits per heavy atom. The quantitative estimate of drug-likeness (QED) is 0.138. The lowest BCUT2D eigenvalue weighted by molar-refractivity contribution is -0.926. The van der Waals surface area contributed by atoms with Gasteiger partial charge in [0.25, 0.3) is 11.8 Å². The fourth-order valence-corrected chi connectivity index (χ4v) is 8.77. The number of imidazole rings is 1. The van der Waals surface area contributed by atoms with Gasteiger partial charge in [0.05, 0.1) is 60.9 Å². The minimum Gasteiger partial charge on any atom is -0.477 e. The normalized spacial score (nSPS) is 19.7. The molecule has 3 saturated heterocycles. The first-order chi connectivity index (χ1) is 29.6. The number of anilines is 2. The minimum absolute atomic E-state index is 0.00113. The number of likely N-dealkylation sites (tertiary alicyclic amines) is 1. The van der Waals surface area contributed by atoms with E-state index in [1.165, 1.54) is 37.4 Å². The van der Waals surface area contributed by atoms with Crippen LogP contribution in [0.15, 0.2) is 48.8 Å². The van der Waals surface area contributed by atoms with Crippen molar-refractivity contribution in [1.82, 2.24) is 29.1 Å². The average Bonchev–Trinajstić information content (AvgIpc) is 3.87. The Balaban J connectivity index is 0.975. The highest BCUT2D eigenvalue weighted by molar-refractivity contribution is 6.34. The van der Waals surface area contributed by atoms with Gasteiger partial charge < -0.3 is 44.6 Å². The molecule has 2 aromatic heterocycles. The van der Waals surface area contributed by atoms with Crippen LogP contribution in [0.5, 0.6) is 0 Å². The second-order valence-corrected chi connectivity index (χ2v) is 16.2. The van der Waals surface area contributed by atoms with Crippen molar-refractivity contribution >= 4 is 46.7 Å². The first kappa shape index (κ1) is 44.5. The van der Waals surface area contributed by atoms with Crippen LogP contribution < -0.4 is 16.0 Å². The number of aromatic nitrogens is 4. The van der Waals surface area contributed by atoms with E-state index >= 15 is 4.39 Å². The summed E-state index contributed by atoms with van der Waals surface area (Å²) in [6.07, 6.45) is -0.934. The van der Waals surface area contributed by atoms with E-state index in [0.29, 0.717) is 95.0 Å². The summed E-state index contributed by atoms with van der Waals surface area (Å²) >= 11 is 6.55. The van der Waals surface area contributed by atoms with Gasteiger partial charge in [0.2, 0.25) is 5.91 Å². The Morgan fingerprint density at radius 1 is 1.00 bits per heavy atom. The van der Waals surface area contributed by atoms with E-state index < -0.39 is 35.1 Å². The second-order valence-electron chi connectivity index (χ2n) is 15.8. The standard InChI is InChI=1S/C41H47ClF4N10O6/c1-51-34(30-24-55(50-36(30)41(44,45)46)33-6-4-28(22-32(33)43)52-14-19-62-20-15-52)23-48-37(51)38(59)49-27-3-5-29(31(42)21-27)40(61)54-12-10-53(11-13-54)39(60)26-7-17-56(18-8-26,16-2-9-47)25-35(57)58/h3-6,21-24,26H,2,7-20,25,47H2,1H3,(H-,49,57,58,59,61)/p+1. The van der Waals surface area contributed by atoms with Crippen molar-refractivity contribution < 1.29 is 51.1 Å². The van der Waals surface area contributed by atoms with Crippen LogP contribution in [0, 0.1) is 11.7 Å². The van der Waals surface area contributed by atoms with Crippen molar-refractivity contribution in [1.29, 1.82) is 0 Å². The van der Waals surface area contributed by atoms with E-state index in [2.05, 4.69) is 15.4 Å². The van der Waals surface area contributed by atoms with Gasteiger partial charge in [-0.15, -0.1) is 0 Å². The van der Waals surface area contributed by atoms with E-state index in [9.17, 15) is 37.5 Å². The van der Waals surface area contributed by atoms with Crippen molar-refractivity contribution in [2.24, 2.45) is 18.7 Å². The van der Waals surface area contributed by atoms with Gasteiger partial charge in [0.1, 0.15) is 5.69 Å². The summed E-state index contributed by atoms with van der Waals surface area (Å²) in [5, 5.41) is 15.8. The summed E-state index contributed by atoms with van der Waals surface area (Å²) in [7, 11) is 1.36. The molecule has 0 spiro atoms. The number of rotatable bonds is 12. The molecule has 3 aliphatic heterocycles. The third-order valence-electron chi connectivity index (χ3n) is 11.9. The molecular weight excluding hydrogens is 840 g/mol. The predicted molar refractivity (Wildman–Crippen MR) is 219 cm³/mol. The maximum atomic E-state index is 15.4. The molecule has 3 fully saturated rings. The molecule has 62 heavy (non-hydrogen) atoms. The molecular formula is C41H48ClF4N10O6+. The number of morpholine rings is 1. The summed E-state index contributed by atoms with van der Waals surface area (Å²) in [4.78, 5) is 61.3. The Labute approximate surface area is 359 Å². The third-order valence-corrected chi connectivity index (χ3v) is 12.2. The number of piperazine rings is 1. The molecule has 0 radical (unpaired) electrons. The number of hydrogen-bond acceptors (Lipinski definition) is 9. The van der Waals surface area contributed by atoms with E-state index in [4.69, 9.17) is 22.1 Å². The Kier molecular flexibility index (Phi) is 13.2. The number of halogens is 5. The van der Waals surface area contributed by atoms with Crippen molar-refractivity contribution in [3.05, 3.63) is 76.7 Å². The van der Waals surface area contributed by atoms with E-state index in [0.717, 1.165) is 21.6 Å². The van der Waals surface area contributed by atoms with Crippen molar-refractivity contribution in [3.8, 4) is 16.9 Å². The number of nitrogens with zero attached hydrogens (tertiary/aromatic N) is 8. The monoisotopic (exact) mass is 887 g/mol. The smallest absolute Gasteiger partial charge is 0.435 e. The van der Waals surface area contributed by atoms with Gasteiger partial charge in [-0.1, -0.05) is 11.6 Å². The SMILES string of the molecule is Cn1c(-c2cn(-c3ccc(N4CCOCC4)cc3F)nc2C(F)(F)F)cnc1C(=O)Nc1ccc(C(=O)N2CCN(C(=O)C3CC[N+](CCCN)(CC(=O)O)CC3)CC2)c(Cl)c1. The molecule has 0 unspecified atom stereocenters. The van der Waals surface area contributed by atoms with Crippen LogP contribution in [0.4, 0.5) is 28.9 Å². The maximum absolute atomic E-state index is 15.4. The van der Waals surface area contributed by atoms with Gasteiger partial charge in [0.15, 0.2) is 23.9 Å². The van der Waals surface area contributed by atoms with Crippen molar-refractivity contribution in [2.75, 3.05) is 95.4 Å². The number of hydrogen-bond donors (Lipinski definition) is 3.